The predicted octanol–water partition coefficient (Wildman–Crippen LogP) is 9.04. The first kappa shape index (κ1) is 41.6. The number of alkyl carbamates (subject to hydrolysis) is 1. The molecule has 0 radical (unpaired) electrons. The molecule has 6 aromatic carbocycles. The van der Waals surface area contributed by atoms with Crippen LogP contribution in [0.2, 0.25) is 0 Å². The Morgan fingerprint density at radius 1 is 0.787 bits per heavy atom. The highest BCUT2D eigenvalue weighted by Gasteiger charge is 2.41. The van der Waals surface area contributed by atoms with Crippen LogP contribution < -0.4 is 5.32 Å². The monoisotopic (exact) mass is 817 g/mol. The maximum absolute atomic E-state index is 13.3. The Balaban J connectivity index is 0.948. The molecule has 0 aliphatic carbocycles. The number of hydrogen-bond acceptors (Lipinski definition) is 8. The first-order valence-electron chi connectivity index (χ1n) is 20.8. The van der Waals surface area contributed by atoms with Crippen molar-refractivity contribution in [1.29, 1.82) is 0 Å². The maximum atomic E-state index is 13.3. The van der Waals surface area contributed by atoms with E-state index in [2.05, 4.69) is 73.6 Å². The number of carbonyl (C=O) groups excluding carboxylic acids is 3. The summed E-state index contributed by atoms with van der Waals surface area (Å²) in [5, 5.41) is 14.7. The lowest BCUT2D eigenvalue weighted by Gasteiger charge is -2.43. The third kappa shape index (κ3) is 9.58. The molecule has 61 heavy (non-hydrogen) atoms. The molecule has 0 aromatic heterocycles. The summed E-state index contributed by atoms with van der Waals surface area (Å²) in [6.07, 6.45) is -1.90. The first-order chi connectivity index (χ1) is 29.6. The van der Waals surface area contributed by atoms with E-state index in [0.29, 0.717) is 6.54 Å². The zero-order valence-corrected chi connectivity index (χ0v) is 34.6. The Bertz CT molecular complexity index is 2480. The molecule has 312 valence electrons. The fourth-order valence-electron chi connectivity index (χ4n) is 8.23. The van der Waals surface area contributed by atoms with E-state index in [-0.39, 0.29) is 56.3 Å². The van der Waals surface area contributed by atoms with Crippen LogP contribution in [0.3, 0.4) is 0 Å². The molecule has 2 aliphatic heterocycles. The molecule has 1 unspecified atom stereocenters. The number of hydrogen-bond donors (Lipinski definition) is 2. The van der Waals surface area contributed by atoms with Crippen LogP contribution in [0, 0.1) is 5.92 Å². The molecule has 10 nitrogen and oxygen atoms in total. The molecule has 0 saturated carbocycles. The number of aliphatic hydroxyl groups excluding tert-OH is 1. The highest BCUT2D eigenvalue weighted by Crippen LogP contribution is 2.42. The molecule has 0 spiro atoms. The van der Waals surface area contributed by atoms with Crippen LogP contribution in [0.4, 0.5) is 4.79 Å². The van der Waals surface area contributed by atoms with E-state index in [9.17, 15) is 19.5 Å². The average Bonchev–Trinajstić information content (AvgIpc) is 3.55. The van der Waals surface area contributed by atoms with Gasteiger partial charge in [-0.3, -0.25) is 19.4 Å². The van der Waals surface area contributed by atoms with Gasteiger partial charge in [0.2, 0.25) is 5.91 Å². The molecule has 2 aliphatic rings. The van der Waals surface area contributed by atoms with Gasteiger partial charge in [-0.25, -0.2) is 4.79 Å². The number of amides is 3. The van der Waals surface area contributed by atoms with Crippen molar-refractivity contribution < 1.29 is 33.7 Å². The smallest absolute Gasteiger partial charge is 0.408 e. The summed E-state index contributed by atoms with van der Waals surface area (Å²) >= 11 is 0. The van der Waals surface area contributed by atoms with Crippen LogP contribution in [0.15, 0.2) is 146 Å². The summed E-state index contributed by atoms with van der Waals surface area (Å²) in [7, 11) is 2.14. The molecule has 2 N–H and O–H groups in total. The minimum atomic E-state index is -0.980. The van der Waals surface area contributed by atoms with Gasteiger partial charge in [-0.2, -0.15) is 0 Å². The number of likely N-dealkylation sites (N-methyl/N-ethyl adjacent to an activating group) is 1. The zero-order valence-electron chi connectivity index (χ0n) is 34.6. The molecule has 10 heteroatoms. The molecule has 2 saturated heterocycles. The number of aliphatic hydroxyl groups is 1. The molecule has 0 bridgehead atoms. The third-order valence-electron chi connectivity index (χ3n) is 12.0. The fourth-order valence-corrected chi connectivity index (χ4v) is 8.23. The minimum Gasteiger partial charge on any atom is -0.445 e. The van der Waals surface area contributed by atoms with E-state index in [1.807, 2.05) is 103 Å². The van der Waals surface area contributed by atoms with Gasteiger partial charge in [0.15, 0.2) is 6.29 Å². The van der Waals surface area contributed by atoms with Crippen molar-refractivity contribution >= 4 is 28.7 Å². The Morgan fingerprint density at radius 2 is 1.49 bits per heavy atom. The molecular formula is C51H51N3O7. The van der Waals surface area contributed by atoms with Crippen LogP contribution >= 0.6 is 0 Å². The SMILES string of the molecule is C[C@@H]1[C@H](CN(C)[C@H](C)c2ccc3ccccc3c2)O[C@H](c2ccc(-c3cccc(CN4C(=O)CC(NC(=O)OCc5ccccc5)C4=O)c3)cc2)O[C@@H]1c1ccc(CO)cc1. The van der Waals surface area contributed by atoms with Gasteiger partial charge in [-0.1, -0.05) is 140 Å². The topological polar surface area (TPSA) is 118 Å². The van der Waals surface area contributed by atoms with Gasteiger partial charge in [0.25, 0.3) is 5.91 Å². The van der Waals surface area contributed by atoms with Gasteiger partial charge < -0.3 is 24.6 Å². The number of likely N-dealkylation sites (tertiary alicyclic amines) is 1. The third-order valence-corrected chi connectivity index (χ3v) is 12.0. The summed E-state index contributed by atoms with van der Waals surface area (Å²) in [6, 6.07) is 47.3. The number of rotatable bonds is 13. The van der Waals surface area contributed by atoms with Crippen molar-refractivity contribution in [2.45, 2.75) is 70.6 Å². The predicted molar refractivity (Wildman–Crippen MR) is 234 cm³/mol. The van der Waals surface area contributed by atoms with Gasteiger partial charge in [0.05, 0.1) is 31.8 Å². The Labute approximate surface area is 356 Å². The first-order valence-corrected chi connectivity index (χ1v) is 20.8. The Hall–Kier alpha value is -6.17. The number of carbonyl (C=O) groups is 3. The summed E-state index contributed by atoms with van der Waals surface area (Å²) in [5.74, 6) is -0.794. The number of imide groups is 1. The lowest BCUT2D eigenvalue weighted by molar-refractivity contribution is -0.276. The molecule has 2 heterocycles. The van der Waals surface area contributed by atoms with Crippen molar-refractivity contribution in [1.82, 2.24) is 15.1 Å². The van der Waals surface area contributed by atoms with Crippen molar-refractivity contribution in [3.63, 3.8) is 0 Å². The Morgan fingerprint density at radius 3 is 2.25 bits per heavy atom. The highest BCUT2D eigenvalue weighted by atomic mass is 16.7. The highest BCUT2D eigenvalue weighted by molar-refractivity contribution is 6.06. The van der Waals surface area contributed by atoms with Crippen molar-refractivity contribution in [2.75, 3.05) is 13.6 Å². The van der Waals surface area contributed by atoms with E-state index in [1.54, 1.807) is 0 Å². The number of nitrogens with one attached hydrogen (secondary N) is 1. The second-order valence-corrected chi connectivity index (χ2v) is 16.1. The molecule has 8 rings (SSSR count). The van der Waals surface area contributed by atoms with Gasteiger partial charge in [-0.05, 0) is 75.8 Å². The van der Waals surface area contributed by atoms with Gasteiger partial charge in [0, 0.05) is 24.1 Å². The number of nitrogens with zero attached hydrogens (tertiary/aromatic N) is 2. The van der Waals surface area contributed by atoms with Crippen LogP contribution in [-0.2, 0) is 43.6 Å². The van der Waals surface area contributed by atoms with E-state index in [1.165, 1.54) is 21.2 Å². The fraction of sp³-hybridized carbons (Fsp3) is 0.275. The minimum absolute atomic E-state index is 0.0250. The van der Waals surface area contributed by atoms with Gasteiger partial charge in [0.1, 0.15) is 12.6 Å². The molecule has 6 atom stereocenters. The summed E-state index contributed by atoms with van der Waals surface area (Å²) in [4.78, 5) is 42.2. The molecule has 3 amide bonds. The van der Waals surface area contributed by atoms with Crippen LogP contribution in [0.1, 0.15) is 72.1 Å². The van der Waals surface area contributed by atoms with Gasteiger partial charge in [-0.15, -0.1) is 0 Å². The Kier molecular flexibility index (Phi) is 12.7. The lowest BCUT2D eigenvalue weighted by atomic mass is 9.89. The molecular weight excluding hydrogens is 767 g/mol. The average molecular weight is 818 g/mol. The summed E-state index contributed by atoms with van der Waals surface area (Å²) in [5.41, 5.74) is 7.47. The maximum Gasteiger partial charge on any atom is 0.408 e. The van der Waals surface area contributed by atoms with Crippen LogP contribution in [-0.4, -0.2) is 58.6 Å². The standard InChI is InChI=1S/C51H51N3O7/c1-33-46(30-53(3)34(2)42-25-22-38-13-7-8-14-44(38)27-42)60-50(61-48(33)40-18-16-35(31-55)17-19-40)41-23-20-39(21-24-41)43-15-9-12-37(26-43)29-54-47(56)28-45(49(54)57)52-51(58)59-32-36-10-5-4-6-11-36/h4-27,33-34,45-46,48,50,55H,28-32H2,1-3H3,(H,52,58)/t33-,34-,45?,46+,48+,50+/m1/s1. The second-order valence-electron chi connectivity index (χ2n) is 16.1. The quantitative estimate of drug-likeness (QED) is 0.111. The van der Waals surface area contributed by atoms with E-state index in [4.69, 9.17) is 14.2 Å². The van der Waals surface area contributed by atoms with Crippen molar-refractivity contribution in [3.8, 4) is 11.1 Å². The largest absolute Gasteiger partial charge is 0.445 e. The number of benzene rings is 6. The molecule has 6 aromatic rings. The van der Waals surface area contributed by atoms with E-state index >= 15 is 0 Å². The number of fused-ring (bicyclic) bond motifs is 1. The zero-order chi connectivity index (χ0) is 42.5. The second kappa shape index (κ2) is 18.6. The van der Waals surface area contributed by atoms with Crippen molar-refractivity contribution in [3.05, 3.63) is 179 Å². The number of ether oxygens (including phenoxy) is 3. The normalized spacial score (nSPS) is 20.9. The molecule has 2 fully saturated rings. The summed E-state index contributed by atoms with van der Waals surface area (Å²) in [6.45, 7) is 5.21. The van der Waals surface area contributed by atoms with Gasteiger partial charge >= 0.3 is 6.09 Å². The van der Waals surface area contributed by atoms with Crippen molar-refractivity contribution in [2.24, 2.45) is 5.92 Å². The van der Waals surface area contributed by atoms with E-state index < -0.39 is 24.3 Å². The van der Waals surface area contributed by atoms with Crippen LogP contribution in [0.25, 0.3) is 21.9 Å². The van der Waals surface area contributed by atoms with Crippen LogP contribution in [0.5, 0.6) is 0 Å². The summed E-state index contributed by atoms with van der Waals surface area (Å²) < 4.78 is 18.9. The lowest BCUT2D eigenvalue weighted by Crippen LogP contribution is -2.44. The van der Waals surface area contributed by atoms with E-state index in [0.717, 1.165) is 38.9 Å².